The molecule has 0 radical (unpaired) electrons. The first-order valence-corrected chi connectivity index (χ1v) is 4.64. The first-order valence-electron chi connectivity index (χ1n) is 4.26. The van der Waals surface area contributed by atoms with Crippen LogP contribution >= 0.6 is 11.6 Å². The monoisotopic (exact) mass is 206 g/mol. The minimum Gasteiger partial charge on any atom is -0.378 e. The van der Waals surface area contributed by atoms with Crippen molar-refractivity contribution in [2.75, 3.05) is 5.32 Å². The molecular formula is C11H11ClN2. The fourth-order valence-electron chi connectivity index (χ4n) is 1.06. The Balaban J connectivity index is 3.03. The minimum absolute atomic E-state index is 0.112. The number of rotatable bonds is 3. The van der Waals surface area contributed by atoms with Gasteiger partial charge >= 0.3 is 0 Å². The topological polar surface area (TPSA) is 35.8 Å². The maximum atomic E-state index is 8.88. The second-order valence-corrected chi connectivity index (χ2v) is 3.35. The van der Waals surface area contributed by atoms with Gasteiger partial charge in [-0.15, -0.1) is 6.58 Å². The van der Waals surface area contributed by atoms with Crippen molar-refractivity contribution in [2.45, 2.75) is 13.0 Å². The molecule has 1 rings (SSSR count). The van der Waals surface area contributed by atoms with E-state index in [-0.39, 0.29) is 6.04 Å². The van der Waals surface area contributed by atoms with Gasteiger partial charge in [0.1, 0.15) is 6.07 Å². The average molecular weight is 207 g/mol. The highest BCUT2D eigenvalue weighted by atomic mass is 35.5. The molecule has 1 unspecified atom stereocenters. The van der Waals surface area contributed by atoms with E-state index in [1.54, 1.807) is 18.2 Å². The van der Waals surface area contributed by atoms with E-state index in [1.165, 1.54) is 0 Å². The molecule has 0 amide bonds. The molecule has 1 N–H and O–H groups in total. The lowest BCUT2D eigenvalue weighted by Gasteiger charge is -2.12. The summed E-state index contributed by atoms with van der Waals surface area (Å²) < 4.78 is 0. The summed E-state index contributed by atoms with van der Waals surface area (Å²) in [6.07, 6.45) is 1.77. The van der Waals surface area contributed by atoms with Crippen LogP contribution < -0.4 is 5.32 Å². The average Bonchev–Trinajstić information content (AvgIpc) is 2.18. The summed E-state index contributed by atoms with van der Waals surface area (Å²) in [7, 11) is 0. The fourth-order valence-corrected chi connectivity index (χ4v) is 1.28. The highest BCUT2D eigenvalue weighted by Crippen LogP contribution is 2.23. The lowest BCUT2D eigenvalue weighted by molar-refractivity contribution is 1.00. The van der Waals surface area contributed by atoms with Gasteiger partial charge in [0.2, 0.25) is 0 Å². The molecular weight excluding hydrogens is 196 g/mol. The first-order chi connectivity index (χ1) is 6.69. The molecule has 2 nitrogen and oxygen atoms in total. The predicted octanol–water partition coefficient (Wildman–Crippen LogP) is 3.20. The zero-order chi connectivity index (χ0) is 10.6. The second-order valence-electron chi connectivity index (χ2n) is 2.94. The summed E-state index contributed by atoms with van der Waals surface area (Å²) >= 11 is 5.87. The molecule has 14 heavy (non-hydrogen) atoms. The Morgan fingerprint density at radius 2 is 2.36 bits per heavy atom. The van der Waals surface area contributed by atoms with E-state index in [0.717, 1.165) is 5.69 Å². The number of hydrogen-bond acceptors (Lipinski definition) is 2. The normalized spacial score (nSPS) is 11.5. The molecule has 1 atom stereocenters. The van der Waals surface area contributed by atoms with Gasteiger partial charge in [-0.3, -0.25) is 0 Å². The molecule has 3 heteroatoms. The van der Waals surface area contributed by atoms with Crippen molar-refractivity contribution in [2.24, 2.45) is 0 Å². The van der Waals surface area contributed by atoms with Crippen molar-refractivity contribution >= 4 is 17.3 Å². The molecule has 72 valence electrons. The molecule has 0 fully saturated rings. The van der Waals surface area contributed by atoms with Crippen LogP contribution in [0.5, 0.6) is 0 Å². The smallest absolute Gasteiger partial charge is 0.103 e. The fraction of sp³-hybridized carbons (Fsp3) is 0.182. The lowest BCUT2D eigenvalue weighted by Crippen LogP contribution is -2.12. The van der Waals surface area contributed by atoms with E-state index in [1.807, 2.05) is 13.0 Å². The summed E-state index contributed by atoms with van der Waals surface area (Å²) in [5.41, 5.74) is 1.22. The van der Waals surface area contributed by atoms with Crippen LogP contribution in [0, 0.1) is 11.3 Å². The molecule has 0 saturated heterocycles. The standard InChI is InChI=1S/C11H11ClN2/c1-3-8(2)14-11-6-4-5-10(12)9(11)7-13/h3-6,8,14H,1H2,2H3. The minimum atomic E-state index is 0.112. The third kappa shape index (κ3) is 2.27. The Morgan fingerprint density at radius 3 is 2.93 bits per heavy atom. The Bertz CT molecular complexity index is 379. The molecule has 0 spiro atoms. The van der Waals surface area contributed by atoms with Crippen molar-refractivity contribution in [3.8, 4) is 6.07 Å². The van der Waals surface area contributed by atoms with Crippen LogP contribution in [-0.4, -0.2) is 6.04 Å². The summed E-state index contributed by atoms with van der Waals surface area (Å²) in [5, 5.41) is 12.5. The van der Waals surface area contributed by atoms with Gasteiger partial charge in [0.15, 0.2) is 0 Å². The van der Waals surface area contributed by atoms with Gasteiger partial charge in [0, 0.05) is 6.04 Å². The maximum absolute atomic E-state index is 8.88. The van der Waals surface area contributed by atoms with E-state index >= 15 is 0 Å². The van der Waals surface area contributed by atoms with Gasteiger partial charge in [-0.05, 0) is 19.1 Å². The first kappa shape index (κ1) is 10.6. The number of hydrogen-bond donors (Lipinski definition) is 1. The van der Waals surface area contributed by atoms with Crippen molar-refractivity contribution in [1.82, 2.24) is 0 Å². The van der Waals surface area contributed by atoms with E-state index in [9.17, 15) is 0 Å². The molecule has 1 aromatic rings. The van der Waals surface area contributed by atoms with Crippen LogP contribution in [0.25, 0.3) is 0 Å². The number of nitriles is 1. The quantitative estimate of drug-likeness (QED) is 0.771. The van der Waals surface area contributed by atoms with Gasteiger partial charge in [0.05, 0.1) is 16.3 Å². The van der Waals surface area contributed by atoms with Crippen LogP contribution in [0.4, 0.5) is 5.69 Å². The third-order valence-corrected chi connectivity index (χ3v) is 2.18. The van der Waals surface area contributed by atoms with E-state index < -0.39 is 0 Å². The van der Waals surface area contributed by atoms with Crippen LogP contribution in [0.15, 0.2) is 30.9 Å². The molecule has 0 aliphatic carbocycles. The zero-order valence-corrected chi connectivity index (χ0v) is 8.67. The Morgan fingerprint density at radius 1 is 1.64 bits per heavy atom. The van der Waals surface area contributed by atoms with Crippen molar-refractivity contribution in [3.05, 3.63) is 41.4 Å². The van der Waals surface area contributed by atoms with Gasteiger partial charge in [-0.2, -0.15) is 5.26 Å². The summed E-state index contributed by atoms with van der Waals surface area (Å²) in [6.45, 7) is 5.61. The van der Waals surface area contributed by atoms with Gasteiger partial charge in [-0.1, -0.05) is 23.7 Å². The SMILES string of the molecule is C=CC(C)Nc1cccc(Cl)c1C#N. The van der Waals surface area contributed by atoms with Crippen LogP contribution in [0.1, 0.15) is 12.5 Å². The van der Waals surface area contributed by atoms with Crippen LogP contribution in [0.3, 0.4) is 0 Å². The summed E-state index contributed by atoms with van der Waals surface area (Å²) in [5.74, 6) is 0. The summed E-state index contributed by atoms with van der Waals surface area (Å²) in [4.78, 5) is 0. The Labute approximate surface area is 88.8 Å². The highest BCUT2D eigenvalue weighted by molar-refractivity contribution is 6.32. The van der Waals surface area contributed by atoms with Gasteiger partial charge < -0.3 is 5.32 Å². The molecule has 0 aromatic heterocycles. The lowest BCUT2D eigenvalue weighted by atomic mass is 10.2. The van der Waals surface area contributed by atoms with Crippen molar-refractivity contribution in [3.63, 3.8) is 0 Å². The predicted molar refractivity (Wildman–Crippen MR) is 59.4 cm³/mol. The van der Waals surface area contributed by atoms with Gasteiger partial charge in [-0.25, -0.2) is 0 Å². The number of halogens is 1. The third-order valence-electron chi connectivity index (χ3n) is 1.86. The van der Waals surface area contributed by atoms with E-state index in [4.69, 9.17) is 16.9 Å². The van der Waals surface area contributed by atoms with Crippen LogP contribution in [0.2, 0.25) is 5.02 Å². The van der Waals surface area contributed by atoms with Crippen molar-refractivity contribution in [1.29, 1.82) is 5.26 Å². The highest BCUT2D eigenvalue weighted by Gasteiger charge is 2.06. The second kappa shape index (κ2) is 4.69. The maximum Gasteiger partial charge on any atom is 0.103 e. The largest absolute Gasteiger partial charge is 0.378 e. The zero-order valence-electron chi connectivity index (χ0n) is 7.92. The molecule has 0 saturated carbocycles. The number of nitrogens with one attached hydrogen (secondary N) is 1. The van der Waals surface area contributed by atoms with E-state index in [2.05, 4.69) is 18.0 Å². The molecule has 0 aliphatic rings. The Kier molecular flexibility index (Phi) is 3.55. The van der Waals surface area contributed by atoms with Gasteiger partial charge in [0.25, 0.3) is 0 Å². The van der Waals surface area contributed by atoms with Crippen LogP contribution in [-0.2, 0) is 0 Å². The number of benzene rings is 1. The summed E-state index contributed by atoms with van der Waals surface area (Å²) in [6, 6.07) is 7.51. The number of anilines is 1. The Hall–Kier alpha value is -1.46. The number of nitrogens with zero attached hydrogens (tertiary/aromatic N) is 1. The van der Waals surface area contributed by atoms with E-state index in [0.29, 0.717) is 10.6 Å². The molecule has 0 heterocycles. The molecule has 1 aromatic carbocycles. The molecule has 0 aliphatic heterocycles. The molecule has 0 bridgehead atoms. The van der Waals surface area contributed by atoms with Crippen molar-refractivity contribution < 1.29 is 0 Å².